The lowest BCUT2D eigenvalue weighted by molar-refractivity contribution is -0.118. The minimum atomic E-state index is 0.0630. The number of nitrogens with one attached hydrogen (secondary N) is 1. The topological polar surface area (TPSA) is 67.5 Å². The van der Waals surface area contributed by atoms with Crippen molar-refractivity contribution in [2.45, 2.75) is 101 Å². The highest BCUT2D eigenvalue weighted by Gasteiger charge is 2.57. The van der Waals surface area contributed by atoms with Crippen LogP contribution in [-0.4, -0.2) is 30.2 Å². The Morgan fingerprint density at radius 2 is 1.88 bits per heavy atom. The van der Waals surface area contributed by atoms with Gasteiger partial charge in [0, 0.05) is 24.2 Å². The summed E-state index contributed by atoms with van der Waals surface area (Å²) in [6.45, 7) is 5.57. The van der Waals surface area contributed by atoms with Crippen LogP contribution >= 0.6 is 0 Å². The van der Waals surface area contributed by atoms with E-state index in [1.807, 2.05) is 6.21 Å². The van der Waals surface area contributed by atoms with Crippen LogP contribution in [0.15, 0.2) is 35.3 Å². The van der Waals surface area contributed by atoms with Crippen molar-refractivity contribution in [1.82, 2.24) is 5.32 Å². The van der Waals surface area contributed by atoms with Gasteiger partial charge in [0.15, 0.2) is 0 Å². The molecule has 0 radical (unpaired) electrons. The van der Waals surface area contributed by atoms with Crippen molar-refractivity contribution in [2.75, 3.05) is 6.54 Å². The van der Waals surface area contributed by atoms with Crippen molar-refractivity contribution in [2.24, 2.45) is 28.5 Å². The van der Waals surface area contributed by atoms with Crippen LogP contribution in [0.3, 0.4) is 0 Å². The quantitative estimate of drug-likeness (QED) is 0.535. The first-order valence-electron chi connectivity index (χ1n) is 13.1. The fourth-order valence-electron chi connectivity index (χ4n) is 7.43. The molecule has 4 heteroatoms. The van der Waals surface area contributed by atoms with Crippen LogP contribution in [-0.2, 0) is 10.2 Å². The van der Waals surface area contributed by atoms with Gasteiger partial charge in [-0.25, -0.2) is 4.99 Å². The van der Waals surface area contributed by atoms with Gasteiger partial charge in [-0.05, 0) is 99.5 Å². The third-order valence-electron chi connectivity index (χ3n) is 9.13. The Hall–Kier alpha value is -1.52. The minimum absolute atomic E-state index is 0.0630. The monoisotopic (exact) mass is 437 g/mol. The number of carbonyl (C=O) groups excluding carboxylic acids is 1. The van der Waals surface area contributed by atoms with Crippen LogP contribution in [0, 0.1) is 17.8 Å². The van der Waals surface area contributed by atoms with Gasteiger partial charge in [0.2, 0.25) is 5.91 Å². The lowest BCUT2D eigenvalue weighted by Crippen LogP contribution is -2.59. The summed E-state index contributed by atoms with van der Waals surface area (Å²) < 4.78 is 0. The molecule has 4 unspecified atom stereocenters. The van der Waals surface area contributed by atoms with Gasteiger partial charge in [0.25, 0.3) is 0 Å². The van der Waals surface area contributed by atoms with Crippen LogP contribution in [0.5, 0.6) is 0 Å². The van der Waals surface area contributed by atoms with Gasteiger partial charge < -0.3 is 11.1 Å². The first-order chi connectivity index (χ1) is 15.5. The molecule has 0 saturated heterocycles. The smallest absolute Gasteiger partial charge is 0.245 e. The molecule has 1 aromatic rings. The Labute approximate surface area is 194 Å². The van der Waals surface area contributed by atoms with E-state index >= 15 is 0 Å². The summed E-state index contributed by atoms with van der Waals surface area (Å²) in [5.74, 6) is 1.70. The minimum Gasteiger partial charge on any atom is -0.328 e. The van der Waals surface area contributed by atoms with E-state index in [-0.39, 0.29) is 16.9 Å². The molecule has 2 bridgehead atoms. The van der Waals surface area contributed by atoms with Crippen LogP contribution in [0.1, 0.15) is 90.0 Å². The first-order valence-corrected chi connectivity index (χ1v) is 13.1. The predicted molar refractivity (Wildman–Crippen MR) is 133 cm³/mol. The molecule has 3 aliphatic rings. The molecule has 176 valence electrons. The number of carbonyl (C=O) groups is 1. The predicted octanol–water partition coefficient (Wildman–Crippen LogP) is 5.40. The number of amides is 1. The number of rotatable bonds is 8. The normalized spacial score (nSPS) is 37.1. The molecule has 0 heterocycles. The maximum Gasteiger partial charge on any atom is 0.245 e. The summed E-state index contributed by atoms with van der Waals surface area (Å²) in [5, 5.41) is 3.94. The first kappa shape index (κ1) is 23.6. The number of aliphatic imine (C=N–C) groups is 1. The molecule has 3 fully saturated rings. The summed E-state index contributed by atoms with van der Waals surface area (Å²) in [5.41, 5.74) is 7.97. The Balaban J connectivity index is 1.46. The highest BCUT2D eigenvalue weighted by molar-refractivity contribution is 5.85. The van der Waals surface area contributed by atoms with Gasteiger partial charge >= 0.3 is 0 Å². The third-order valence-corrected chi connectivity index (χ3v) is 9.13. The molecule has 1 amide bonds. The summed E-state index contributed by atoms with van der Waals surface area (Å²) in [4.78, 5) is 17.1. The van der Waals surface area contributed by atoms with Crippen LogP contribution in [0.2, 0.25) is 0 Å². The Bertz CT molecular complexity index is 785. The molecule has 0 aliphatic heterocycles. The molecular formula is C28H43N3O. The van der Waals surface area contributed by atoms with Gasteiger partial charge in [-0.3, -0.25) is 4.79 Å². The van der Waals surface area contributed by atoms with E-state index in [1.54, 1.807) is 0 Å². The second kappa shape index (κ2) is 10.2. The van der Waals surface area contributed by atoms with Crippen LogP contribution in [0.4, 0.5) is 0 Å². The number of hydrogen-bond acceptors (Lipinski definition) is 3. The van der Waals surface area contributed by atoms with Crippen LogP contribution < -0.4 is 11.1 Å². The number of hydrogen-bond donors (Lipinski definition) is 2. The van der Waals surface area contributed by atoms with E-state index in [2.05, 4.69) is 54.5 Å². The van der Waals surface area contributed by atoms with Crippen molar-refractivity contribution >= 4 is 12.1 Å². The number of benzene rings is 1. The molecule has 3 N–H and O–H groups in total. The molecule has 4 atom stereocenters. The lowest BCUT2D eigenvalue weighted by atomic mass is 9.57. The zero-order valence-corrected chi connectivity index (χ0v) is 20.2. The second-order valence-electron chi connectivity index (χ2n) is 10.8. The molecule has 1 aromatic carbocycles. The Morgan fingerprint density at radius 3 is 2.56 bits per heavy atom. The van der Waals surface area contributed by atoms with Crippen molar-refractivity contribution in [3.63, 3.8) is 0 Å². The van der Waals surface area contributed by atoms with Crippen molar-refractivity contribution in [1.29, 1.82) is 0 Å². The maximum atomic E-state index is 12.7. The largest absolute Gasteiger partial charge is 0.328 e. The van der Waals surface area contributed by atoms with Gasteiger partial charge in [-0.1, -0.05) is 44.2 Å². The summed E-state index contributed by atoms with van der Waals surface area (Å²) in [7, 11) is 0. The molecule has 3 saturated carbocycles. The molecular weight excluding hydrogens is 394 g/mol. The number of fused-ring (bicyclic) bond motifs is 2. The van der Waals surface area contributed by atoms with E-state index in [9.17, 15) is 4.79 Å². The summed E-state index contributed by atoms with van der Waals surface area (Å²) >= 11 is 0. The SMILES string of the molecule is CCNC1(CC)C(CCC(=O)N=CC2CCC(N)CC2)CC2(c3ccccc3)CCC1C2. The highest BCUT2D eigenvalue weighted by atomic mass is 16.1. The average molecular weight is 438 g/mol. The Kier molecular flexibility index (Phi) is 7.51. The Morgan fingerprint density at radius 1 is 1.12 bits per heavy atom. The number of nitrogens with zero attached hydrogens (tertiary/aromatic N) is 1. The molecule has 4 nitrogen and oxygen atoms in total. The summed E-state index contributed by atoms with van der Waals surface area (Å²) in [6.07, 6.45) is 13.9. The number of nitrogens with two attached hydrogens (primary N) is 1. The van der Waals surface area contributed by atoms with E-state index in [0.717, 1.165) is 45.1 Å². The van der Waals surface area contributed by atoms with E-state index in [1.165, 1.54) is 31.2 Å². The molecule has 4 rings (SSSR count). The van der Waals surface area contributed by atoms with Crippen molar-refractivity contribution in [3.05, 3.63) is 35.9 Å². The molecule has 0 aromatic heterocycles. The molecule has 0 spiro atoms. The van der Waals surface area contributed by atoms with E-state index in [0.29, 0.717) is 30.2 Å². The van der Waals surface area contributed by atoms with Gasteiger partial charge in [0.1, 0.15) is 0 Å². The average Bonchev–Trinajstić information content (AvgIpc) is 3.21. The third kappa shape index (κ3) is 4.72. The van der Waals surface area contributed by atoms with Crippen molar-refractivity contribution in [3.8, 4) is 0 Å². The van der Waals surface area contributed by atoms with Crippen LogP contribution in [0.25, 0.3) is 0 Å². The second-order valence-corrected chi connectivity index (χ2v) is 10.8. The fraction of sp³-hybridized carbons (Fsp3) is 0.714. The lowest BCUT2D eigenvalue weighted by Gasteiger charge is -2.52. The van der Waals surface area contributed by atoms with E-state index in [4.69, 9.17) is 5.73 Å². The van der Waals surface area contributed by atoms with Gasteiger partial charge in [-0.2, -0.15) is 0 Å². The van der Waals surface area contributed by atoms with Crippen molar-refractivity contribution < 1.29 is 4.79 Å². The fourth-order valence-corrected chi connectivity index (χ4v) is 7.43. The standard InChI is InChI=1S/C28H43N3O/c1-3-28(31-4-2)23(12-15-26(32)30-20-21-10-13-25(29)14-11-21)18-27(17-16-24(28)19-27)22-8-6-5-7-9-22/h5-9,20-21,23-25,31H,3-4,10-19,29H2,1-2H3. The van der Waals surface area contributed by atoms with Gasteiger partial charge in [-0.15, -0.1) is 0 Å². The molecule has 3 aliphatic carbocycles. The van der Waals surface area contributed by atoms with Gasteiger partial charge in [0.05, 0.1) is 0 Å². The maximum absolute atomic E-state index is 12.7. The molecule has 32 heavy (non-hydrogen) atoms. The van der Waals surface area contributed by atoms with E-state index < -0.39 is 0 Å². The summed E-state index contributed by atoms with van der Waals surface area (Å²) in [6, 6.07) is 11.5. The zero-order chi connectivity index (χ0) is 22.6. The zero-order valence-electron chi connectivity index (χ0n) is 20.2. The highest BCUT2D eigenvalue weighted by Crippen LogP contribution is 2.60.